The molecule has 0 atom stereocenters. The van der Waals surface area contributed by atoms with E-state index in [9.17, 15) is 17.6 Å². The molecule has 0 heterocycles. The van der Waals surface area contributed by atoms with Gasteiger partial charge in [-0.25, -0.2) is 17.6 Å². The van der Waals surface area contributed by atoms with Gasteiger partial charge in [-0.05, 0) is 33.6 Å². The Morgan fingerprint density at radius 3 is 1.21 bits per heavy atom. The minimum absolute atomic E-state index is 0.0168. The summed E-state index contributed by atoms with van der Waals surface area (Å²) in [5.41, 5.74) is -1.13. The van der Waals surface area contributed by atoms with Gasteiger partial charge in [-0.1, -0.05) is 25.7 Å². The fourth-order valence-electron chi connectivity index (χ4n) is 2.94. The van der Waals surface area contributed by atoms with Gasteiger partial charge in [0, 0.05) is 45.1 Å². The Balaban J connectivity index is 3.17. The van der Waals surface area contributed by atoms with Crippen molar-refractivity contribution in [1.82, 2.24) is 0 Å². The first kappa shape index (κ1) is 25.3. The topological polar surface area (TPSA) is 27.7 Å². The summed E-state index contributed by atoms with van der Waals surface area (Å²) in [6.07, 6.45) is -0.289. The SMILES string of the molecule is CCO[Si](CCc1c(F)c(F)c(CC[Si](C)(C)C)c(F)c1F)(OCC)OCC. The van der Waals surface area contributed by atoms with Crippen LogP contribution in [0.3, 0.4) is 0 Å². The highest BCUT2D eigenvalue weighted by Gasteiger charge is 2.41. The molecular weight excluding hydrogens is 408 g/mol. The molecule has 9 heteroatoms. The zero-order valence-corrected chi connectivity index (χ0v) is 19.7. The molecule has 3 nitrogen and oxygen atoms in total. The second-order valence-corrected chi connectivity index (χ2v) is 16.1. The van der Waals surface area contributed by atoms with Crippen LogP contribution in [0.1, 0.15) is 31.9 Å². The van der Waals surface area contributed by atoms with Crippen molar-refractivity contribution >= 4 is 16.9 Å². The van der Waals surface area contributed by atoms with Gasteiger partial charge >= 0.3 is 8.80 Å². The molecule has 162 valence electrons. The molecule has 0 aliphatic heterocycles. The molecule has 0 saturated heterocycles. The number of hydrogen-bond donors (Lipinski definition) is 0. The highest BCUT2D eigenvalue weighted by atomic mass is 28.4. The molecule has 0 aliphatic carbocycles. The minimum atomic E-state index is -3.19. The van der Waals surface area contributed by atoms with Crippen molar-refractivity contribution in [2.45, 2.75) is 65.3 Å². The Morgan fingerprint density at radius 2 is 0.929 bits per heavy atom. The van der Waals surface area contributed by atoms with E-state index in [1.807, 2.05) is 19.6 Å². The van der Waals surface area contributed by atoms with Crippen molar-refractivity contribution in [2.24, 2.45) is 0 Å². The number of halogens is 4. The maximum Gasteiger partial charge on any atom is 0.501 e. The van der Waals surface area contributed by atoms with Crippen LogP contribution in [0.4, 0.5) is 17.6 Å². The average molecular weight is 441 g/mol. The Labute approximate surface area is 167 Å². The van der Waals surface area contributed by atoms with Crippen molar-refractivity contribution in [3.05, 3.63) is 34.4 Å². The van der Waals surface area contributed by atoms with Crippen LogP contribution in [-0.4, -0.2) is 36.7 Å². The van der Waals surface area contributed by atoms with E-state index in [0.717, 1.165) is 0 Å². The molecule has 0 N–H and O–H groups in total. The van der Waals surface area contributed by atoms with E-state index in [1.54, 1.807) is 20.8 Å². The van der Waals surface area contributed by atoms with Gasteiger partial charge in [0.2, 0.25) is 0 Å². The Bertz CT molecular complexity index is 605. The van der Waals surface area contributed by atoms with Crippen molar-refractivity contribution in [1.29, 1.82) is 0 Å². The highest BCUT2D eigenvalue weighted by molar-refractivity contribution is 6.76. The lowest BCUT2D eigenvalue weighted by molar-refractivity contribution is 0.0713. The number of hydrogen-bond acceptors (Lipinski definition) is 3. The first-order valence-corrected chi connectivity index (χ1v) is 15.4. The maximum absolute atomic E-state index is 14.6. The summed E-state index contributed by atoms with van der Waals surface area (Å²) in [7, 11) is -4.81. The quantitative estimate of drug-likeness (QED) is 0.237. The lowest BCUT2D eigenvalue weighted by Gasteiger charge is -2.28. The molecule has 0 spiro atoms. The van der Waals surface area contributed by atoms with Crippen molar-refractivity contribution in [3.8, 4) is 0 Å². The molecule has 0 radical (unpaired) electrons. The van der Waals surface area contributed by atoms with E-state index in [4.69, 9.17) is 13.3 Å². The Hall–Kier alpha value is -0.746. The van der Waals surface area contributed by atoms with Gasteiger partial charge in [0.15, 0.2) is 23.3 Å². The van der Waals surface area contributed by atoms with Gasteiger partial charge < -0.3 is 13.3 Å². The summed E-state index contributed by atoms with van der Waals surface area (Å²) in [6, 6.07) is 0.567. The number of benzene rings is 1. The van der Waals surface area contributed by atoms with Crippen molar-refractivity contribution in [2.75, 3.05) is 19.8 Å². The lowest BCUT2D eigenvalue weighted by Crippen LogP contribution is -2.46. The first-order valence-electron chi connectivity index (χ1n) is 9.77. The van der Waals surface area contributed by atoms with Crippen molar-refractivity contribution in [3.63, 3.8) is 0 Å². The van der Waals surface area contributed by atoms with Crippen LogP contribution in [0.15, 0.2) is 0 Å². The standard InChI is InChI=1S/C19H32F4O3Si2/c1-7-24-28(25-8-2,26-9-3)13-11-15-18(22)16(20)14(17(21)19(15)23)10-12-27(4,5)6/h7-13H2,1-6H3. The second-order valence-electron chi connectivity index (χ2n) is 7.76. The Kier molecular flexibility index (Phi) is 9.81. The summed E-state index contributed by atoms with van der Waals surface area (Å²) in [5.74, 6) is -5.28. The molecule has 1 aromatic rings. The third kappa shape index (κ3) is 6.65. The second kappa shape index (κ2) is 10.9. The molecule has 0 amide bonds. The summed E-state index contributed by atoms with van der Waals surface area (Å²) < 4.78 is 75.1. The summed E-state index contributed by atoms with van der Waals surface area (Å²) in [4.78, 5) is 0. The molecule has 0 bridgehead atoms. The maximum atomic E-state index is 14.6. The third-order valence-corrected chi connectivity index (χ3v) is 9.14. The largest absolute Gasteiger partial charge is 0.501 e. The molecule has 1 rings (SSSR count). The van der Waals surface area contributed by atoms with Crippen LogP contribution >= 0.6 is 0 Å². The van der Waals surface area contributed by atoms with Gasteiger partial charge in [-0.2, -0.15) is 0 Å². The Morgan fingerprint density at radius 1 is 0.607 bits per heavy atom. The monoisotopic (exact) mass is 440 g/mol. The third-order valence-electron chi connectivity index (χ3n) is 4.34. The van der Waals surface area contributed by atoms with Crippen molar-refractivity contribution < 1.29 is 30.8 Å². The fourth-order valence-corrected chi connectivity index (χ4v) is 6.50. The molecule has 28 heavy (non-hydrogen) atoms. The van der Waals surface area contributed by atoms with Gasteiger partial charge in [-0.15, -0.1) is 0 Å². The predicted molar refractivity (Wildman–Crippen MR) is 107 cm³/mol. The average Bonchev–Trinajstić information content (AvgIpc) is 2.60. The zero-order valence-electron chi connectivity index (χ0n) is 17.7. The van der Waals surface area contributed by atoms with E-state index in [2.05, 4.69) is 0 Å². The smallest absolute Gasteiger partial charge is 0.374 e. The van der Waals surface area contributed by atoms with Gasteiger partial charge in [-0.3, -0.25) is 0 Å². The molecule has 0 saturated carbocycles. The van der Waals surface area contributed by atoms with E-state index in [-0.39, 0.29) is 18.9 Å². The molecule has 0 aliphatic rings. The van der Waals surface area contributed by atoms with Crippen LogP contribution in [0.5, 0.6) is 0 Å². The lowest BCUT2D eigenvalue weighted by atomic mass is 10.0. The zero-order chi connectivity index (χ0) is 21.5. The number of rotatable bonds is 12. The van der Waals surface area contributed by atoms with E-state index >= 15 is 0 Å². The first-order chi connectivity index (χ1) is 13.0. The van der Waals surface area contributed by atoms with Crippen LogP contribution in [0, 0.1) is 23.3 Å². The predicted octanol–water partition coefficient (Wildman–Crippen LogP) is 5.71. The molecule has 0 unspecified atom stereocenters. The molecule has 0 aromatic heterocycles. The van der Waals surface area contributed by atoms with E-state index < -0.39 is 51.3 Å². The van der Waals surface area contributed by atoms with E-state index in [1.165, 1.54) is 0 Å². The highest BCUT2D eigenvalue weighted by Crippen LogP contribution is 2.29. The van der Waals surface area contributed by atoms with Crippen LogP contribution in [-0.2, 0) is 26.1 Å². The van der Waals surface area contributed by atoms with Crippen LogP contribution < -0.4 is 0 Å². The summed E-state index contributed by atoms with van der Waals surface area (Å²) in [5, 5.41) is 0. The normalized spacial score (nSPS) is 12.6. The van der Waals surface area contributed by atoms with Gasteiger partial charge in [0.25, 0.3) is 0 Å². The van der Waals surface area contributed by atoms with E-state index in [0.29, 0.717) is 25.9 Å². The molecular formula is C19H32F4O3Si2. The van der Waals surface area contributed by atoms with Crippen LogP contribution in [0.25, 0.3) is 0 Å². The van der Waals surface area contributed by atoms with Crippen LogP contribution in [0.2, 0.25) is 31.7 Å². The fraction of sp³-hybridized carbons (Fsp3) is 0.684. The molecule has 1 aromatic carbocycles. The summed E-state index contributed by atoms with van der Waals surface area (Å²) >= 11 is 0. The molecule has 0 fully saturated rings. The van der Waals surface area contributed by atoms with Gasteiger partial charge in [0.1, 0.15) is 0 Å². The van der Waals surface area contributed by atoms with Gasteiger partial charge in [0.05, 0.1) is 0 Å². The summed E-state index contributed by atoms with van der Waals surface area (Å²) in [6.45, 7) is 12.3. The minimum Gasteiger partial charge on any atom is -0.374 e.